The number of nitrogens with zero attached hydrogens (tertiary/aromatic N) is 3. The predicted molar refractivity (Wildman–Crippen MR) is 124 cm³/mol. The van der Waals surface area contributed by atoms with Gasteiger partial charge in [-0.3, -0.25) is 9.59 Å². The Morgan fingerprint density at radius 3 is 2.64 bits per heavy atom. The van der Waals surface area contributed by atoms with Gasteiger partial charge in [-0.1, -0.05) is 38.1 Å². The maximum absolute atomic E-state index is 13.1. The molecule has 1 aliphatic rings. The molecule has 33 heavy (non-hydrogen) atoms. The van der Waals surface area contributed by atoms with Gasteiger partial charge in [0.1, 0.15) is 5.76 Å². The molecule has 1 atom stereocenters. The number of hydrogen-bond donors (Lipinski definition) is 1. The summed E-state index contributed by atoms with van der Waals surface area (Å²) in [5, 5.41) is 10.7. The number of carbonyl (C=O) groups excluding carboxylic acids is 2. The Kier molecular flexibility index (Phi) is 6.58. The average molecular weight is 446 g/mol. The third-order valence-electron chi connectivity index (χ3n) is 5.80. The smallest absolute Gasteiger partial charge is 0.290 e. The number of amides is 1. The molecule has 7 nitrogen and oxygen atoms in total. The molecule has 1 aromatic carbocycles. The molecule has 3 aromatic rings. The molecule has 0 fully saturated rings. The first-order chi connectivity index (χ1) is 16.0. The largest absolute Gasteiger partial charge is 0.503 e. The summed E-state index contributed by atoms with van der Waals surface area (Å²) in [6.45, 7) is 5.27. The SMILES string of the molecule is CC(C)c1ccc([C@@H]2C(C(=O)/C=C/c3ccco3)=C(O)C(=O)N2CCCn2ccnc2)cc1. The van der Waals surface area contributed by atoms with Gasteiger partial charge >= 0.3 is 0 Å². The normalized spacial score (nSPS) is 16.5. The molecule has 1 amide bonds. The second-order valence-electron chi connectivity index (χ2n) is 8.35. The van der Waals surface area contributed by atoms with E-state index >= 15 is 0 Å². The molecule has 1 aliphatic heterocycles. The van der Waals surface area contributed by atoms with Crippen LogP contribution in [0.4, 0.5) is 0 Å². The molecule has 0 unspecified atom stereocenters. The third kappa shape index (κ3) is 4.82. The lowest BCUT2D eigenvalue weighted by Crippen LogP contribution is -2.32. The van der Waals surface area contributed by atoms with Gasteiger partial charge in [-0.05, 0) is 47.8 Å². The monoisotopic (exact) mass is 445 g/mol. The van der Waals surface area contributed by atoms with Crippen LogP contribution in [0.5, 0.6) is 0 Å². The molecular formula is C26H27N3O4. The van der Waals surface area contributed by atoms with Gasteiger partial charge in [-0.2, -0.15) is 0 Å². The lowest BCUT2D eigenvalue weighted by molar-refractivity contribution is -0.129. The Morgan fingerprint density at radius 1 is 1.21 bits per heavy atom. The molecule has 3 heterocycles. The van der Waals surface area contributed by atoms with Crippen molar-refractivity contribution in [3.63, 3.8) is 0 Å². The lowest BCUT2D eigenvalue weighted by atomic mass is 9.93. The second-order valence-corrected chi connectivity index (χ2v) is 8.35. The van der Waals surface area contributed by atoms with Gasteiger partial charge in [0, 0.05) is 25.5 Å². The quantitative estimate of drug-likeness (QED) is 0.484. The number of carbonyl (C=O) groups is 2. The summed E-state index contributed by atoms with van der Waals surface area (Å²) in [4.78, 5) is 31.7. The maximum atomic E-state index is 13.1. The van der Waals surface area contributed by atoms with E-state index < -0.39 is 23.5 Å². The van der Waals surface area contributed by atoms with Crippen LogP contribution < -0.4 is 0 Å². The average Bonchev–Trinajstić information content (AvgIpc) is 3.56. The van der Waals surface area contributed by atoms with Gasteiger partial charge in [-0.15, -0.1) is 0 Å². The van der Waals surface area contributed by atoms with E-state index in [4.69, 9.17) is 4.42 Å². The molecule has 0 saturated heterocycles. The Hall–Kier alpha value is -3.87. The number of hydrogen-bond acceptors (Lipinski definition) is 5. The number of rotatable bonds is 9. The van der Waals surface area contributed by atoms with Crippen molar-refractivity contribution in [2.24, 2.45) is 0 Å². The zero-order chi connectivity index (χ0) is 23.4. The zero-order valence-electron chi connectivity index (χ0n) is 18.7. The Labute approximate surface area is 192 Å². The topological polar surface area (TPSA) is 88.6 Å². The van der Waals surface area contributed by atoms with Crippen LogP contribution in [0.2, 0.25) is 0 Å². The fraction of sp³-hybridized carbons (Fsp3) is 0.269. The number of ketones is 1. The van der Waals surface area contributed by atoms with Gasteiger partial charge in [0.15, 0.2) is 11.5 Å². The summed E-state index contributed by atoms with van der Waals surface area (Å²) in [6, 6.07) is 10.7. The molecule has 2 aromatic heterocycles. The summed E-state index contributed by atoms with van der Waals surface area (Å²) in [5.74, 6) is -0.579. The van der Waals surface area contributed by atoms with E-state index in [0.29, 0.717) is 31.2 Å². The number of aryl methyl sites for hydroxylation is 1. The van der Waals surface area contributed by atoms with Gasteiger partial charge in [0.2, 0.25) is 0 Å². The summed E-state index contributed by atoms with van der Waals surface area (Å²) in [6.07, 6.45) is 10.3. The van der Waals surface area contributed by atoms with Crippen LogP contribution in [0.15, 0.2) is 83.2 Å². The van der Waals surface area contributed by atoms with Crippen molar-refractivity contribution in [3.05, 3.63) is 95.7 Å². The summed E-state index contributed by atoms with van der Waals surface area (Å²) < 4.78 is 7.18. The number of benzene rings is 1. The van der Waals surface area contributed by atoms with Crippen LogP contribution in [-0.4, -0.2) is 37.8 Å². The van der Waals surface area contributed by atoms with Crippen LogP contribution in [0.1, 0.15) is 49.1 Å². The molecule has 7 heteroatoms. The number of furan rings is 1. The Balaban J connectivity index is 1.63. The summed E-state index contributed by atoms with van der Waals surface area (Å²) in [7, 11) is 0. The lowest BCUT2D eigenvalue weighted by Gasteiger charge is -2.27. The van der Waals surface area contributed by atoms with Gasteiger partial charge in [-0.25, -0.2) is 4.98 Å². The molecule has 0 saturated carbocycles. The van der Waals surface area contributed by atoms with Crippen LogP contribution in [-0.2, 0) is 16.1 Å². The highest BCUT2D eigenvalue weighted by molar-refractivity contribution is 6.14. The third-order valence-corrected chi connectivity index (χ3v) is 5.80. The van der Waals surface area contributed by atoms with E-state index in [1.54, 1.807) is 29.6 Å². The van der Waals surface area contributed by atoms with Crippen molar-refractivity contribution in [1.82, 2.24) is 14.5 Å². The fourth-order valence-corrected chi connectivity index (χ4v) is 4.02. The minimum absolute atomic E-state index is 0.0859. The van der Waals surface area contributed by atoms with Crippen LogP contribution in [0.3, 0.4) is 0 Å². The zero-order valence-corrected chi connectivity index (χ0v) is 18.7. The number of aliphatic hydroxyl groups is 1. The Bertz CT molecular complexity index is 1160. The molecule has 0 radical (unpaired) electrons. The van der Waals surface area contributed by atoms with Crippen LogP contribution in [0.25, 0.3) is 6.08 Å². The highest BCUT2D eigenvalue weighted by Gasteiger charge is 2.42. The molecular weight excluding hydrogens is 418 g/mol. The van der Waals surface area contributed by atoms with Crippen molar-refractivity contribution >= 4 is 17.8 Å². The van der Waals surface area contributed by atoms with E-state index in [9.17, 15) is 14.7 Å². The van der Waals surface area contributed by atoms with Crippen LogP contribution in [0, 0.1) is 0 Å². The molecule has 0 bridgehead atoms. The standard InChI is InChI=1S/C26H27N3O4/c1-18(2)19-6-8-20(9-7-19)24-23(22(30)11-10-21-5-3-16-33-21)25(31)26(32)29(24)14-4-13-28-15-12-27-17-28/h3,5-12,15-18,24,31H,4,13-14H2,1-2H3/b11-10+/t24-/m1/s1. The van der Waals surface area contributed by atoms with Gasteiger partial charge in [0.25, 0.3) is 5.91 Å². The number of allylic oxidation sites excluding steroid dienone is 1. The Morgan fingerprint density at radius 2 is 2.00 bits per heavy atom. The van der Waals surface area contributed by atoms with Crippen molar-refractivity contribution in [2.45, 2.75) is 38.8 Å². The minimum atomic E-state index is -0.657. The van der Waals surface area contributed by atoms with Gasteiger partial charge in [0.05, 0.1) is 24.2 Å². The van der Waals surface area contributed by atoms with E-state index in [-0.39, 0.29) is 5.57 Å². The molecule has 1 N–H and O–H groups in total. The first-order valence-electron chi connectivity index (χ1n) is 11.0. The molecule has 0 spiro atoms. The minimum Gasteiger partial charge on any atom is -0.503 e. The number of aliphatic hydroxyl groups excluding tert-OH is 1. The fourth-order valence-electron chi connectivity index (χ4n) is 4.02. The second kappa shape index (κ2) is 9.73. The van der Waals surface area contributed by atoms with Crippen molar-refractivity contribution in [1.29, 1.82) is 0 Å². The first kappa shape index (κ1) is 22.3. The van der Waals surface area contributed by atoms with Gasteiger partial charge < -0.3 is 19.0 Å². The van der Waals surface area contributed by atoms with E-state index in [1.807, 2.05) is 35.0 Å². The van der Waals surface area contributed by atoms with Crippen molar-refractivity contribution in [2.75, 3.05) is 6.54 Å². The van der Waals surface area contributed by atoms with E-state index in [1.165, 1.54) is 18.4 Å². The first-order valence-corrected chi connectivity index (χ1v) is 11.0. The van der Waals surface area contributed by atoms with Crippen LogP contribution >= 0.6 is 0 Å². The number of aromatic nitrogens is 2. The highest BCUT2D eigenvalue weighted by Crippen LogP contribution is 2.38. The molecule has 0 aliphatic carbocycles. The van der Waals surface area contributed by atoms with Crippen molar-refractivity contribution < 1.29 is 19.1 Å². The summed E-state index contributed by atoms with van der Waals surface area (Å²) in [5.41, 5.74) is 2.03. The van der Waals surface area contributed by atoms with E-state index in [0.717, 1.165) is 11.1 Å². The predicted octanol–water partition coefficient (Wildman–Crippen LogP) is 4.67. The molecule has 4 rings (SSSR count). The van der Waals surface area contributed by atoms with E-state index in [2.05, 4.69) is 18.8 Å². The number of imidazole rings is 1. The highest BCUT2D eigenvalue weighted by atomic mass is 16.3. The molecule has 170 valence electrons. The summed E-state index contributed by atoms with van der Waals surface area (Å²) >= 11 is 0. The maximum Gasteiger partial charge on any atom is 0.290 e. The van der Waals surface area contributed by atoms with Crippen molar-refractivity contribution in [3.8, 4) is 0 Å².